The Balaban J connectivity index is 1.54. The van der Waals surface area contributed by atoms with E-state index in [1.165, 1.54) is 51.9 Å². The standard InChI is InChI=1S/C32H52O3/c1-19(2)21-12-14-29(6)16-17-31(8)22(26(21)29)10-11-25-30(7)18-23(35-20(3)33)27(34)28(4,5)24(30)13-15-32(25,31)9/h19,21-26H,10-18H2,1-9H3. The van der Waals surface area contributed by atoms with Crippen molar-refractivity contribution in [3.8, 4) is 0 Å². The topological polar surface area (TPSA) is 43.4 Å². The fraction of sp³-hybridized carbons (Fsp3) is 0.938. The van der Waals surface area contributed by atoms with E-state index in [-0.39, 0.29) is 22.6 Å². The predicted molar refractivity (Wildman–Crippen MR) is 141 cm³/mol. The van der Waals surface area contributed by atoms with Crippen molar-refractivity contribution in [2.24, 2.45) is 62.6 Å². The molecular weight excluding hydrogens is 432 g/mol. The van der Waals surface area contributed by atoms with Crippen molar-refractivity contribution < 1.29 is 14.3 Å². The number of Topliss-reactive ketones (excluding diaryl/α,β-unsaturated/α-hetero) is 1. The van der Waals surface area contributed by atoms with Crippen LogP contribution in [0.25, 0.3) is 0 Å². The maximum atomic E-state index is 13.5. The first-order valence-electron chi connectivity index (χ1n) is 14.8. The van der Waals surface area contributed by atoms with Crippen molar-refractivity contribution in [3.05, 3.63) is 0 Å². The van der Waals surface area contributed by atoms with Gasteiger partial charge in [0.05, 0.1) is 0 Å². The first kappa shape index (κ1) is 25.8. The van der Waals surface area contributed by atoms with Gasteiger partial charge in [-0.1, -0.05) is 55.4 Å². The molecule has 3 nitrogen and oxygen atoms in total. The van der Waals surface area contributed by atoms with E-state index in [1.807, 2.05) is 0 Å². The van der Waals surface area contributed by atoms with E-state index in [4.69, 9.17) is 4.74 Å². The van der Waals surface area contributed by atoms with Crippen LogP contribution in [0.3, 0.4) is 0 Å². The SMILES string of the molecule is CC(=O)OC1CC2(C)C(CCC3(C)C2CCC2C4C(C(C)C)CCC4(C)CCC23C)C(C)(C)C1=O. The summed E-state index contributed by atoms with van der Waals surface area (Å²) in [6.07, 6.45) is 10.7. The average Bonchev–Trinajstić information content (AvgIpc) is 3.10. The quantitative estimate of drug-likeness (QED) is 0.375. The first-order valence-corrected chi connectivity index (χ1v) is 14.8. The third kappa shape index (κ3) is 3.27. The number of fused-ring (bicyclic) bond motifs is 7. The molecule has 198 valence electrons. The molecule has 35 heavy (non-hydrogen) atoms. The Hall–Kier alpha value is -0.860. The normalized spacial score (nSPS) is 52.8. The number of esters is 1. The highest BCUT2D eigenvalue weighted by molar-refractivity contribution is 5.91. The van der Waals surface area contributed by atoms with Gasteiger partial charge in [-0.25, -0.2) is 0 Å². The first-order chi connectivity index (χ1) is 16.1. The zero-order valence-electron chi connectivity index (χ0n) is 24.1. The summed E-state index contributed by atoms with van der Waals surface area (Å²) in [6.45, 7) is 21.1. The minimum Gasteiger partial charge on any atom is -0.455 e. The summed E-state index contributed by atoms with van der Waals surface area (Å²) in [5.41, 5.74) is 0.763. The molecule has 0 bridgehead atoms. The van der Waals surface area contributed by atoms with E-state index in [2.05, 4.69) is 55.4 Å². The molecule has 10 atom stereocenters. The van der Waals surface area contributed by atoms with Crippen molar-refractivity contribution in [2.75, 3.05) is 0 Å². The zero-order chi connectivity index (χ0) is 25.8. The van der Waals surface area contributed by atoms with Gasteiger partial charge in [0.1, 0.15) is 0 Å². The van der Waals surface area contributed by atoms with Crippen molar-refractivity contribution in [2.45, 2.75) is 126 Å². The second-order valence-corrected chi connectivity index (χ2v) is 15.7. The maximum Gasteiger partial charge on any atom is 0.303 e. The Morgan fingerprint density at radius 3 is 2.17 bits per heavy atom. The smallest absolute Gasteiger partial charge is 0.303 e. The van der Waals surface area contributed by atoms with Crippen molar-refractivity contribution >= 4 is 11.8 Å². The zero-order valence-corrected chi connectivity index (χ0v) is 24.1. The van der Waals surface area contributed by atoms with E-state index in [0.29, 0.717) is 22.7 Å². The molecule has 5 rings (SSSR count). The third-order valence-corrected chi connectivity index (χ3v) is 13.8. The van der Waals surface area contributed by atoms with Crippen LogP contribution in [-0.2, 0) is 14.3 Å². The summed E-state index contributed by atoms with van der Waals surface area (Å²) in [5.74, 6) is 4.12. The van der Waals surface area contributed by atoms with Crippen LogP contribution in [0.15, 0.2) is 0 Å². The van der Waals surface area contributed by atoms with Crippen LogP contribution in [0.2, 0.25) is 0 Å². The second-order valence-electron chi connectivity index (χ2n) is 15.7. The van der Waals surface area contributed by atoms with Crippen LogP contribution in [0.1, 0.15) is 120 Å². The number of ether oxygens (including phenoxy) is 1. The Bertz CT molecular complexity index is 904. The second kappa shape index (κ2) is 7.83. The molecule has 3 heteroatoms. The summed E-state index contributed by atoms with van der Waals surface area (Å²) in [4.78, 5) is 25.5. The molecule has 5 saturated carbocycles. The number of hydrogen-bond acceptors (Lipinski definition) is 3. The lowest BCUT2D eigenvalue weighted by Gasteiger charge is -2.72. The molecule has 0 spiro atoms. The fourth-order valence-corrected chi connectivity index (χ4v) is 12.0. The predicted octanol–water partition coefficient (Wildman–Crippen LogP) is 7.85. The van der Waals surface area contributed by atoms with E-state index in [9.17, 15) is 9.59 Å². The van der Waals surface area contributed by atoms with E-state index < -0.39 is 11.5 Å². The molecule has 5 aliphatic rings. The van der Waals surface area contributed by atoms with E-state index in [0.717, 1.165) is 36.5 Å². The lowest BCUT2D eigenvalue weighted by atomic mass is 9.32. The summed E-state index contributed by atoms with van der Waals surface area (Å²) < 4.78 is 5.72. The van der Waals surface area contributed by atoms with Crippen LogP contribution < -0.4 is 0 Å². The van der Waals surface area contributed by atoms with Crippen LogP contribution in [0, 0.1) is 62.6 Å². The van der Waals surface area contributed by atoms with Crippen LogP contribution in [0.5, 0.6) is 0 Å². The van der Waals surface area contributed by atoms with Crippen LogP contribution >= 0.6 is 0 Å². The Morgan fingerprint density at radius 2 is 1.54 bits per heavy atom. The van der Waals surface area contributed by atoms with Gasteiger partial charge in [0.25, 0.3) is 0 Å². The summed E-state index contributed by atoms with van der Waals surface area (Å²) in [6, 6.07) is 0. The molecule has 0 aromatic rings. The number of rotatable bonds is 2. The maximum absolute atomic E-state index is 13.5. The Morgan fingerprint density at radius 1 is 0.857 bits per heavy atom. The van der Waals surface area contributed by atoms with Gasteiger partial charge in [-0.2, -0.15) is 0 Å². The molecule has 0 radical (unpaired) electrons. The number of carbonyl (C=O) groups is 2. The lowest BCUT2D eigenvalue weighted by molar-refractivity contribution is -0.242. The van der Waals surface area contributed by atoms with Crippen LogP contribution in [0.4, 0.5) is 0 Å². The van der Waals surface area contributed by atoms with Gasteiger partial charge < -0.3 is 4.74 Å². The van der Waals surface area contributed by atoms with Crippen molar-refractivity contribution in [3.63, 3.8) is 0 Å². The number of hydrogen-bond donors (Lipinski definition) is 0. The van der Waals surface area contributed by atoms with Gasteiger partial charge in [0.15, 0.2) is 11.9 Å². The molecular formula is C32H52O3. The minimum atomic E-state index is -0.577. The van der Waals surface area contributed by atoms with E-state index in [1.54, 1.807) is 0 Å². The molecule has 0 saturated heterocycles. The lowest BCUT2D eigenvalue weighted by Crippen LogP contribution is -2.67. The van der Waals surface area contributed by atoms with Crippen molar-refractivity contribution in [1.29, 1.82) is 0 Å². The highest BCUT2D eigenvalue weighted by Gasteiger charge is 2.71. The number of ketones is 1. The fourth-order valence-electron chi connectivity index (χ4n) is 12.0. The molecule has 0 aromatic heterocycles. The molecule has 0 aromatic carbocycles. The van der Waals surface area contributed by atoms with Crippen LogP contribution in [-0.4, -0.2) is 17.9 Å². The molecule has 5 fully saturated rings. The third-order valence-electron chi connectivity index (χ3n) is 13.8. The highest BCUT2D eigenvalue weighted by Crippen LogP contribution is 2.77. The van der Waals surface area contributed by atoms with Gasteiger partial charge in [-0.15, -0.1) is 0 Å². The summed E-state index contributed by atoms with van der Waals surface area (Å²) in [7, 11) is 0. The summed E-state index contributed by atoms with van der Waals surface area (Å²) in [5, 5.41) is 0. The molecule has 5 aliphatic carbocycles. The van der Waals surface area contributed by atoms with Gasteiger partial charge in [0, 0.05) is 12.3 Å². The monoisotopic (exact) mass is 484 g/mol. The van der Waals surface area contributed by atoms with Gasteiger partial charge >= 0.3 is 5.97 Å². The van der Waals surface area contributed by atoms with Gasteiger partial charge in [-0.05, 0) is 115 Å². The molecule has 0 N–H and O–H groups in total. The Kier molecular flexibility index (Phi) is 5.76. The molecule has 0 aliphatic heterocycles. The van der Waals surface area contributed by atoms with E-state index >= 15 is 0 Å². The highest BCUT2D eigenvalue weighted by atomic mass is 16.5. The average molecular weight is 485 g/mol. The Labute approximate surface area is 214 Å². The molecule has 0 heterocycles. The summed E-state index contributed by atoms with van der Waals surface area (Å²) >= 11 is 0. The molecule has 0 amide bonds. The molecule has 10 unspecified atom stereocenters. The largest absolute Gasteiger partial charge is 0.455 e. The van der Waals surface area contributed by atoms with Gasteiger partial charge in [-0.3, -0.25) is 9.59 Å². The van der Waals surface area contributed by atoms with Crippen molar-refractivity contribution in [1.82, 2.24) is 0 Å². The van der Waals surface area contributed by atoms with Gasteiger partial charge in [0.2, 0.25) is 0 Å². The minimum absolute atomic E-state index is 0.0341. The number of carbonyl (C=O) groups excluding carboxylic acids is 2.